The van der Waals surface area contributed by atoms with Crippen LogP contribution in [0, 0.1) is 11.6 Å². The molecular formula is C14H13BrF2O5. The maximum absolute atomic E-state index is 14.3. The fraction of sp³-hybridized carbons (Fsp3) is 0.357. The summed E-state index contributed by atoms with van der Waals surface area (Å²) < 4.78 is 37.0. The molecule has 0 aliphatic rings. The van der Waals surface area contributed by atoms with Crippen molar-refractivity contribution in [1.29, 1.82) is 0 Å². The topological polar surface area (TPSA) is 69.7 Å². The zero-order chi connectivity index (χ0) is 16.9. The highest BCUT2D eigenvalue weighted by Gasteiger charge is 2.23. The van der Waals surface area contributed by atoms with Crippen LogP contribution in [0.4, 0.5) is 8.78 Å². The van der Waals surface area contributed by atoms with E-state index in [1.54, 1.807) is 6.92 Å². The first-order valence-corrected chi connectivity index (χ1v) is 7.05. The van der Waals surface area contributed by atoms with Crippen LogP contribution < -0.4 is 0 Å². The minimum atomic E-state index is -1.05. The lowest BCUT2D eigenvalue weighted by molar-refractivity contribution is -0.143. The van der Waals surface area contributed by atoms with Gasteiger partial charge in [0.25, 0.3) is 0 Å². The number of rotatable bonds is 6. The van der Waals surface area contributed by atoms with Gasteiger partial charge < -0.3 is 9.47 Å². The first kappa shape index (κ1) is 18.2. The van der Waals surface area contributed by atoms with E-state index in [9.17, 15) is 23.2 Å². The lowest BCUT2D eigenvalue weighted by atomic mass is 10.0. The maximum Gasteiger partial charge on any atom is 0.313 e. The van der Waals surface area contributed by atoms with E-state index >= 15 is 0 Å². The molecule has 1 aromatic rings. The summed E-state index contributed by atoms with van der Waals surface area (Å²) in [5, 5.41) is 0. The van der Waals surface area contributed by atoms with E-state index in [4.69, 9.17) is 0 Å². The monoisotopic (exact) mass is 378 g/mol. The molecule has 22 heavy (non-hydrogen) atoms. The van der Waals surface area contributed by atoms with E-state index in [0.29, 0.717) is 6.07 Å². The van der Waals surface area contributed by atoms with Gasteiger partial charge in [-0.25, -0.2) is 8.78 Å². The van der Waals surface area contributed by atoms with E-state index in [-0.39, 0.29) is 16.6 Å². The van der Waals surface area contributed by atoms with Gasteiger partial charge >= 0.3 is 11.9 Å². The third-order valence-corrected chi connectivity index (χ3v) is 3.43. The maximum atomic E-state index is 14.3. The van der Waals surface area contributed by atoms with Gasteiger partial charge in [-0.15, -0.1) is 0 Å². The van der Waals surface area contributed by atoms with Crippen LogP contribution >= 0.6 is 15.9 Å². The van der Waals surface area contributed by atoms with Gasteiger partial charge in [0, 0.05) is 12.5 Å². The number of halogens is 3. The van der Waals surface area contributed by atoms with E-state index in [1.165, 1.54) is 0 Å². The average molecular weight is 379 g/mol. The molecule has 0 N–H and O–H groups in total. The van der Waals surface area contributed by atoms with Gasteiger partial charge in [-0.1, -0.05) is 0 Å². The molecule has 8 heteroatoms. The Morgan fingerprint density at radius 2 is 1.86 bits per heavy atom. The number of hydrogen-bond donors (Lipinski definition) is 0. The van der Waals surface area contributed by atoms with Crippen molar-refractivity contribution in [3.05, 3.63) is 33.3 Å². The number of benzene rings is 1. The normalized spacial score (nSPS) is 10.2. The summed E-state index contributed by atoms with van der Waals surface area (Å²) in [5.41, 5.74) is -0.918. The van der Waals surface area contributed by atoms with Gasteiger partial charge in [0.15, 0.2) is 5.78 Å². The minimum Gasteiger partial charge on any atom is -0.466 e. The molecule has 0 spiro atoms. The Morgan fingerprint density at radius 3 is 2.41 bits per heavy atom. The second-order valence-corrected chi connectivity index (χ2v) is 4.99. The Labute approximate surface area is 133 Å². The van der Waals surface area contributed by atoms with Crippen LogP contribution in [0.25, 0.3) is 0 Å². The molecule has 1 aromatic carbocycles. The molecule has 0 saturated heterocycles. The van der Waals surface area contributed by atoms with Gasteiger partial charge in [0.2, 0.25) is 0 Å². The molecule has 5 nitrogen and oxygen atoms in total. The summed E-state index contributed by atoms with van der Waals surface area (Å²) in [5.74, 6) is -4.40. The molecule has 1 rings (SSSR count). The highest BCUT2D eigenvalue weighted by Crippen LogP contribution is 2.28. The van der Waals surface area contributed by atoms with Crippen molar-refractivity contribution in [3.63, 3.8) is 0 Å². The van der Waals surface area contributed by atoms with Crippen molar-refractivity contribution in [3.8, 4) is 0 Å². The van der Waals surface area contributed by atoms with Gasteiger partial charge in [0.05, 0.1) is 16.6 Å². The highest BCUT2D eigenvalue weighted by molar-refractivity contribution is 9.10. The summed E-state index contributed by atoms with van der Waals surface area (Å²) in [6.45, 7) is 2.19. The van der Waals surface area contributed by atoms with Crippen molar-refractivity contribution in [2.75, 3.05) is 6.61 Å². The van der Waals surface area contributed by atoms with Crippen molar-refractivity contribution in [2.45, 2.75) is 26.9 Å². The fourth-order valence-corrected chi connectivity index (χ4v) is 2.00. The molecule has 0 saturated carbocycles. The van der Waals surface area contributed by atoms with Crippen LogP contribution in [0.5, 0.6) is 0 Å². The average Bonchev–Trinajstić information content (AvgIpc) is 2.42. The van der Waals surface area contributed by atoms with Crippen LogP contribution in [0.1, 0.15) is 36.2 Å². The summed E-state index contributed by atoms with van der Waals surface area (Å²) in [6.07, 6.45) is -0.709. The summed E-state index contributed by atoms with van der Waals surface area (Å²) in [7, 11) is 0. The van der Waals surface area contributed by atoms with Crippen LogP contribution in [0.3, 0.4) is 0 Å². The third-order valence-electron chi connectivity index (χ3n) is 2.58. The van der Waals surface area contributed by atoms with Gasteiger partial charge in [-0.3, -0.25) is 14.4 Å². The van der Waals surface area contributed by atoms with Crippen molar-refractivity contribution < 1.29 is 32.6 Å². The smallest absolute Gasteiger partial charge is 0.313 e. The predicted molar refractivity (Wildman–Crippen MR) is 75.1 cm³/mol. The first-order valence-electron chi connectivity index (χ1n) is 6.26. The molecule has 0 unspecified atom stereocenters. The highest BCUT2D eigenvalue weighted by atomic mass is 79.9. The van der Waals surface area contributed by atoms with Crippen molar-refractivity contribution in [1.82, 2.24) is 0 Å². The zero-order valence-corrected chi connectivity index (χ0v) is 13.5. The number of ketones is 1. The van der Waals surface area contributed by atoms with Crippen molar-refractivity contribution in [2.24, 2.45) is 0 Å². The molecule has 0 bridgehead atoms. The van der Waals surface area contributed by atoms with E-state index in [0.717, 1.165) is 6.92 Å². The SMILES string of the molecule is CCOC(=O)CC(=O)c1cc(F)c(Br)c(COC(C)=O)c1F. The predicted octanol–water partition coefficient (Wildman–Crippen LogP) is 2.93. The standard InChI is InChI=1S/C14H13BrF2O5/c1-3-21-12(20)5-11(19)8-4-10(16)13(15)9(14(8)17)6-22-7(2)18/h4H,3,5-6H2,1-2H3. The second-order valence-electron chi connectivity index (χ2n) is 4.20. The molecule has 0 heterocycles. The number of Topliss-reactive ketones (excluding diaryl/α,β-unsaturated/α-hetero) is 1. The van der Waals surface area contributed by atoms with Crippen LogP contribution in [0.2, 0.25) is 0 Å². The lowest BCUT2D eigenvalue weighted by Crippen LogP contribution is -2.15. The molecule has 0 aromatic heterocycles. The Kier molecular flexibility index (Phi) is 6.61. The van der Waals surface area contributed by atoms with Crippen LogP contribution in [-0.4, -0.2) is 24.3 Å². The van der Waals surface area contributed by atoms with Crippen molar-refractivity contribution >= 4 is 33.7 Å². The van der Waals surface area contributed by atoms with Crippen LogP contribution in [-0.2, 0) is 25.7 Å². The van der Waals surface area contributed by atoms with Gasteiger partial charge in [-0.2, -0.15) is 0 Å². The Hall–Kier alpha value is -1.83. The zero-order valence-electron chi connectivity index (χ0n) is 11.9. The fourth-order valence-electron chi connectivity index (χ4n) is 1.60. The molecule has 0 atom stereocenters. The molecule has 0 amide bonds. The number of esters is 2. The number of carbonyl (C=O) groups excluding carboxylic acids is 3. The largest absolute Gasteiger partial charge is 0.466 e. The molecule has 0 aliphatic carbocycles. The summed E-state index contributed by atoms with van der Waals surface area (Å²) in [4.78, 5) is 33.9. The molecule has 0 aliphatic heterocycles. The Bertz CT molecular complexity index is 616. The molecule has 120 valence electrons. The van der Waals surface area contributed by atoms with Gasteiger partial charge in [0.1, 0.15) is 24.7 Å². The Balaban J connectivity index is 3.12. The number of ether oxygens (including phenoxy) is 2. The summed E-state index contributed by atoms with van der Waals surface area (Å²) >= 11 is 2.83. The van der Waals surface area contributed by atoms with Crippen LogP contribution in [0.15, 0.2) is 10.5 Å². The lowest BCUT2D eigenvalue weighted by Gasteiger charge is -2.11. The quantitative estimate of drug-likeness (QED) is 0.329. The van der Waals surface area contributed by atoms with Gasteiger partial charge in [-0.05, 0) is 28.9 Å². The molecule has 0 fully saturated rings. The first-order chi connectivity index (χ1) is 10.3. The third kappa shape index (κ3) is 4.59. The number of carbonyl (C=O) groups is 3. The van der Waals surface area contributed by atoms with E-state index in [2.05, 4.69) is 25.4 Å². The summed E-state index contributed by atoms with van der Waals surface area (Å²) in [6, 6.07) is 0.679. The van der Waals surface area contributed by atoms with E-state index < -0.39 is 47.9 Å². The molecular weight excluding hydrogens is 366 g/mol. The number of hydrogen-bond acceptors (Lipinski definition) is 5. The minimum absolute atomic E-state index is 0.0704. The van der Waals surface area contributed by atoms with E-state index in [1.807, 2.05) is 0 Å². The Morgan fingerprint density at radius 1 is 1.23 bits per heavy atom. The molecule has 0 radical (unpaired) electrons. The second kappa shape index (κ2) is 7.98.